The Morgan fingerprint density at radius 3 is 2.71 bits per heavy atom. The first-order chi connectivity index (χ1) is 10.1. The Labute approximate surface area is 126 Å². The van der Waals surface area contributed by atoms with E-state index in [1.807, 2.05) is 24.1 Å². The van der Waals surface area contributed by atoms with Crippen LogP contribution >= 0.6 is 0 Å². The minimum absolute atomic E-state index is 0.103. The molecule has 0 spiro atoms. The summed E-state index contributed by atoms with van der Waals surface area (Å²) in [4.78, 5) is 21.2. The number of nitrogens with one attached hydrogen (secondary N) is 1. The van der Waals surface area contributed by atoms with E-state index in [2.05, 4.69) is 22.2 Å². The highest BCUT2D eigenvalue weighted by Gasteiger charge is 2.25. The van der Waals surface area contributed by atoms with Gasteiger partial charge in [-0.3, -0.25) is 4.79 Å². The molecule has 0 atom stereocenters. The van der Waals surface area contributed by atoms with Crippen molar-refractivity contribution < 1.29 is 4.79 Å². The number of carbonyl (C=O) groups is 1. The summed E-state index contributed by atoms with van der Waals surface area (Å²) >= 11 is 0. The highest BCUT2D eigenvalue weighted by molar-refractivity contribution is 5.94. The van der Waals surface area contributed by atoms with Crippen molar-refractivity contribution in [1.82, 2.24) is 14.8 Å². The van der Waals surface area contributed by atoms with E-state index in [1.54, 1.807) is 6.20 Å². The largest absolute Gasteiger partial charge is 0.367 e. The van der Waals surface area contributed by atoms with E-state index in [4.69, 9.17) is 0 Å². The Hall–Kier alpha value is -1.62. The fourth-order valence-corrected chi connectivity index (χ4v) is 2.83. The number of rotatable bonds is 4. The molecule has 1 saturated carbocycles. The molecule has 1 aliphatic carbocycles. The van der Waals surface area contributed by atoms with Gasteiger partial charge in [0.15, 0.2) is 0 Å². The second-order valence-electron chi connectivity index (χ2n) is 6.30. The molecule has 5 heteroatoms. The molecule has 114 valence electrons. The number of piperidine rings is 1. The molecule has 1 aromatic heterocycles. The lowest BCUT2D eigenvalue weighted by atomic mass is 10.0. The van der Waals surface area contributed by atoms with Crippen molar-refractivity contribution in [3.05, 3.63) is 23.9 Å². The van der Waals surface area contributed by atoms with Crippen molar-refractivity contribution in [1.29, 1.82) is 0 Å². The second kappa shape index (κ2) is 6.02. The maximum Gasteiger partial charge on any atom is 0.254 e. The molecule has 1 saturated heterocycles. The highest BCUT2D eigenvalue weighted by Crippen LogP contribution is 2.24. The van der Waals surface area contributed by atoms with Gasteiger partial charge >= 0.3 is 0 Å². The van der Waals surface area contributed by atoms with E-state index < -0.39 is 0 Å². The molecular weight excluding hydrogens is 264 g/mol. The van der Waals surface area contributed by atoms with Crippen molar-refractivity contribution in [2.24, 2.45) is 0 Å². The third-order valence-corrected chi connectivity index (χ3v) is 4.49. The van der Waals surface area contributed by atoms with Crippen LogP contribution in [0.4, 0.5) is 5.82 Å². The van der Waals surface area contributed by atoms with Crippen LogP contribution in [0.15, 0.2) is 18.3 Å². The van der Waals surface area contributed by atoms with Gasteiger partial charge in [0.25, 0.3) is 5.91 Å². The van der Waals surface area contributed by atoms with Crippen molar-refractivity contribution in [3.8, 4) is 0 Å². The van der Waals surface area contributed by atoms with Crippen LogP contribution in [0.1, 0.15) is 36.0 Å². The van der Waals surface area contributed by atoms with Crippen molar-refractivity contribution in [2.45, 2.75) is 37.8 Å². The Morgan fingerprint density at radius 1 is 1.33 bits per heavy atom. The lowest BCUT2D eigenvalue weighted by Crippen LogP contribution is -2.44. The number of hydrogen-bond acceptors (Lipinski definition) is 4. The summed E-state index contributed by atoms with van der Waals surface area (Å²) in [6.07, 6.45) is 6.24. The Morgan fingerprint density at radius 2 is 2.05 bits per heavy atom. The fourth-order valence-electron chi connectivity index (χ4n) is 2.83. The van der Waals surface area contributed by atoms with Crippen LogP contribution in [-0.4, -0.2) is 60.0 Å². The van der Waals surface area contributed by atoms with Crippen LogP contribution < -0.4 is 5.32 Å². The van der Waals surface area contributed by atoms with Gasteiger partial charge < -0.3 is 15.1 Å². The Balaban J connectivity index is 1.65. The number of likely N-dealkylation sites (tertiary alicyclic amines) is 1. The molecule has 0 bridgehead atoms. The van der Waals surface area contributed by atoms with Gasteiger partial charge in [0.1, 0.15) is 5.82 Å². The molecule has 5 nitrogen and oxygen atoms in total. The topological polar surface area (TPSA) is 48.5 Å². The number of nitrogens with zero attached hydrogens (tertiary/aromatic N) is 3. The van der Waals surface area contributed by atoms with E-state index in [0.717, 1.165) is 37.3 Å². The van der Waals surface area contributed by atoms with E-state index in [1.165, 1.54) is 12.8 Å². The first kappa shape index (κ1) is 14.3. The summed E-state index contributed by atoms with van der Waals surface area (Å²) in [5, 5.41) is 3.35. The predicted octanol–water partition coefficient (Wildman–Crippen LogP) is 1.82. The maximum atomic E-state index is 12.6. The first-order valence-corrected chi connectivity index (χ1v) is 7.82. The monoisotopic (exact) mass is 288 g/mol. The average Bonchev–Trinajstić information content (AvgIpc) is 3.31. The summed E-state index contributed by atoms with van der Waals surface area (Å²) in [5.74, 6) is 0.922. The molecular formula is C16H24N4O. The third kappa shape index (κ3) is 3.53. The zero-order valence-corrected chi connectivity index (χ0v) is 12.9. The van der Waals surface area contributed by atoms with Gasteiger partial charge in [-0.2, -0.15) is 0 Å². The van der Waals surface area contributed by atoms with E-state index in [9.17, 15) is 4.79 Å². The van der Waals surface area contributed by atoms with Crippen LogP contribution in [0.3, 0.4) is 0 Å². The SMILES string of the molecule is CN1CCC(N(C)C(=O)c2ccnc(NC3CC3)c2)CC1. The molecule has 1 N–H and O–H groups in total. The molecule has 1 aromatic rings. The van der Waals surface area contributed by atoms with Crippen molar-refractivity contribution in [2.75, 3.05) is 32.5 Å². The van der Waals surface area contributed by atoms with E-state index >= 15 is 0 Å². The summed E-state index contributed by atoms with van der Waals surface area (Å²) in [6.45, 7) is 2.13. The predicted molar refractivity (Wildman–Crippen MR) is 83.5 cm³/mol. The molecule has 1 aliphatic heterocycles. The van der Waals surface area contributed by atoms with Gasteiger partial charge in [-0.25, -0.2) is 4.98 Å². The minimum atomic E-state index is 0.103. The van der Waals surface area contributed by atoms with Crippen molar-refractivity contribution >= 4 is 11.7 Å². The average molecular weight is 288 g/mol. The van der Waals surface area contributed by atoms with Crippen LogP contribution in [0.25, 0.3) is 0 Å². The summed E-state index contributed by atoms with van der Waals surface area (Å²) in [6, 6.07) is 4.59. The number of carbonyl (C=O) groups excluding carboxylic acids is 1. The van der Waals surface area contributed by atoms with Gasteiger partial charge in [0.2, 0.25) is 0 Å². The van der Waals surface area contributed by atoms with Gasteiger partial charge in [-0.1, -0.05) is 0 Å². The lowest BCUT2D eigenvalue weighted by Gasteiger charge is -2.35. The minimum Gasteiger partial charge on any atom is -0.367 e. The zero-order chi connectivity index (χ0) is 14.8. The molecule has 2 fully saturated rings. The number of aromatic nitrogens is 1. The zero-order valence-electron chi connectivity index (χ0n) is 12.9. The van der Waals surface area contributed by atoms with Crippen LogP contribution in [0.5, 0.6) is 0 Å². The standard InChI is InChI=1S/C16H24N4O/c1-19-9-6-14(7-10-19)20(2)16(21)12-5-8-17-15(11-12)18-13-3-4-13/h5,8,11,13-14H,3-4,6-7,9-10H2,1-2H3,(H,17,18). The van der Waals surface area contributed by atoms with Crippen LogP contribution in [0, 0.1) is 0 Å². The summed E-state index contributed by atoms with van der Waals surface area (Å²) < 4.78 is 0. The molecule has 1 amide bonds. The van der Waals surface area contributed by atoms with Gasteiger partial charge in [-0.15, -0.1) is 0 Å². The lowest BCUT2D eigenvalue weighted by molar-refractivity contribution is 0.0659. The van der Waals surface area contributed by atoms with Crippen LogP contribution in [0.2, 0.25) is 0 Å². The molecule has 0 unspecified atom stereocenters. The highest BCUT2D eigenvalue weighted by atomic mass is 16.2. The third-order valence-electron chi connectivity index (χ3n) is 4.49. The molecule has 3 rings (SSSR count). The Bertz CT molecular complexity index is 507. The summed E-state index contributed by atoms with van der Waals surface area (Å²) in [7, 11) is 4.06. The molecule has 2 aliphatic rings. The quantitative estimate of drug-likeness (QED) is 0.918. The van der Waals surface area contributed by atoms with Crippen molar-refractivity contribution in [3.63, 3.8) is 0 Å². The second-order valence-corrected chi connectivity index (χ2v) is 6.30. The molecule has 21 heavy (non-hydrogen) atoms. The van der Waals surface area contributed by atoms with Gasteiger partial charge in [0, 0.05) is 30.9 Å². The summed E-state index contributed by atoms with van der Waals surface area (Å²) in [5.41, 5.74) is 0.731. The van der Waals surface area contributed by atoms with Gasteiger partial charge in [-0.05, 0) is 58.0 Å². The number of pyridine rings is 1. The fraction of sp³-hybridized carbons (Fsp3) is 0.625. The Kier molecular flexibility index (Phi) is 4.10. The van der Waals surface area contributed by atoms with Crippen LogP contribution in [-0.2, 0) is 0 Å². The number of anilines is 1. The maximum absolute atomic E-state index is 12.6. The normalized spacial score (nSPS) is 20.3. The molecule has 0 aromatic carbocycles. The number of amides is 1. The molecule has 0 radical (unpaired) electrons. The number of hydrogen-bond donors (Lipinski definition) is 1. The van der Waals surface area contributed by atoms with Gasteiger partial charge in [0.05, 0.1) is 0 Å². The molecule has 2 heterocycles. The van der Waals surface area contributed by atoms with E-state index in [-0.39, 0.29) is 5.91 Å². The smallest absolute Gasteiger partial charge is 0.254 e. The first-order valence-electron chi connectivity index (χ1n) is 7.82. The van der Waals surface area contributed by atoms with E-state index in [0.29, 0.717) is 12.1 Å².